The molecule has 2 aliphatic carbocycles. The summed E-state index contributed by atoms with van der Waals surface area (Å²) in [5.41, 5.74) is 7.60. The summed E-state index contributed by atoms with van der Waals surface area (Å²) in [5.74, 6) is 0.660. The number of carbonyl (C=O) groups excluding carboxylic acids is 1. The van der Waals surface area contributed by atoms with Crippen LogP contribution in [0.15, 0.2) is 71.9 Å². The first kappa shape index (κ1) is 33.9. The number of rotatable bonds is 11. The van der Waals surface area contributed by atoms with Crippen molar-refractivity contribution in [1.82, 2.24) is 25.4 Å². The summed E-state index contributed by atoms with van der Waals surface area (Å²) < 4.78 is 5.42. The molecule has 8 heteroatoms. The van der Waals surface area contributed by atoms with Gasteiger partial charge in [-0.2, -0.15) is 0 Å². The zero-order valence-corrected chi connectivity index (χ0v) is 27.2. The van der Waals surface area contributed by atoms with E-state index in [0.717, 1.165) is 78.6 Å². The number of nitrogens with zero attached hydrogens (tertiary/aromatic N) is 2. The number of H-pyrrole nitrogens is 1. The molecule has 8 nitrogen and oxygen atoms in total. The molecule has 1 aromatic heterocycles. The Morgan fingerprint density at radius 1 is 1.26 bits per heavy atom. The maximum absolute atomic E-state index is 13.2. The molecule has 3 unspecified atom stereocenters. The van der Waals surface area contributed by atoms with Gasteiger partial charge in [0.2, 0.25) is 0 Å². The molecule has 1 aromatic rings. The molecule has 0 bridgehead atoms. The van der Waals surface area contributed by atoms with Crippen LogP contribution in [0.4, 0.5) is 0 Å². The van der Waals surface area contributed by atoms with E-state index < -0.39 is 0 Å². The second-order valence-corrected chi connectivity index (χ2v) is 11.5. The molecular weight excluding hydrogens is 536 g/mol. The van der Waals surface area contributed by atoms with Gasteiger partial charge in [-0.05, 0) is 41.5 Å². The average molecular weight is 593 g/mol. The molecular formula is C35H56N6O2. The minimum atomic E-state index is -0.0427. The maximum Gasteiger partial charge on any atom is 0.251 e. The number of allylic oxidation sites excluding steroid dienone is 7. The second-order valence-electron chi connectivity index (χ2n) is 11.5. The Balaban J connectivity index is 0.00000248. The normalized spacial score (nSPS) is 22.8. The lowest BCUT2D eigenvalue weighted by atomic mass is 9.91. The van der Waals surface area contributed by atoms with Crippen LogP contribution in [0.5, 0.6) is 0 Å². The standard InChI is InChI=1S/C33H46N6O2.C2H6.2H2/c1-7-25(21-38(5)6)27-18-31(36-20-27)32-23(3)16-30(28(32)19-34)37-29-17-26(9-8-22(2)24(29)4)33(40)35-10-11-39-12-14-41-15-13-39;1-2;;/h7,9,16-24,34,36-37H,1,8,10-15H2,2-6H3,(H,35,40);1-2H3;2*1H/b25-21+,34-19?;;;. The predicted octanol–water partition coefficient (Wildman–Crippen LogP) is 6.08. The first-order chi connectivity index (χ1) is 20.7. The van der Waals surface area contributed by atoms with Gasteiger partial charge in [-0.15, -0.1) is 0 Å². The zero-order valence-electron chi connectivity index (χ0n) is 27.2. The highest BCUT2D eigenvalue weighted by atomic mass is 16.5. The SMILES string of the molecule is C=C/C(=C\N(C)C)c1c[nH]c(C2=C(C=N)C(NC3=CC(C(=O)NCCN4CCOCC4)=CCC(C)C3C)=CC2C)c1.CC.[HH].[HH]. The molecule has 3 atom stereocenters. The van der Waals surface area contributed by atoms with Crippen LogP contribution >= 0.6 is 0 Å². The Hall–Kier alpha value is -3.62. The minimum absolute atomic E-state index is 0. The Kier molecular flexibility index (Phi) is 12.8. The van der Waals surface area contributed by atoms with E-state index in [0.29, 0.717) is 18.0 Å². The van der Waals surface area contributed by atoms with Crippen molar-refractivity contribution in [3.63, 3.8) is 0 Å². The molecule has 2 heterocycles. The van der Waals surface area contributed by atoms with Crippen LogP contribution in [0.1, 0.15) is 55.2 Å². The highest BCUT2D eigenvalue weighted by Gasteiger charge is 2.28. The Morgan fingerprint density at radius 3 is 2.63 bits per heavy atom. The Labute approximate surface area is 261 Å². The van der Waals surface area contributed by atoms with Crippen molar-refractivity contribution in [2.45, 2.75) is 41.0 Å². The summed E-state index contributed by atoms with van der Waals surface area (Å²) >= 11 is 0. The van der Waals surface area contributed by atoms with Gasteiger partial charge in [-0.25, -0.2) is 0 Å². The number of hydrogen-bond donors (Lipinski definition) is 4. The van der Waals surface area contributed by atoms with Gasteiger partial charge in [0.1, 0.15) is 0 Å². The third-order valence-corrected chi connectivity index (χ3v) is 8.24. The van der Waals surface area contributed by atoms with E-state index in [1.54, 1.807) is 0 Å². The molecule has 1 fully saturated rings. The third-order valence-electron chi connectivity index (χ3n) is 8.24. The number of aromatic amines is 1. The van der Waals surface area contributed by atoms with E-state index in [1.165, 1.54) is 6.21 Å². The fourth-order valence-corrected chi connectivity index (χ4v) is 5.61. The van der Waals surface area contributed by atoms with Crippen LogP contribution in [0.2, 0.25) is 0 Å². The molecule has 4 N–H and O–H groups in total. The van der Waals surface area contributed by atoms with E-state index in [9.17, 15) is 4.79 Å². The minimum Gasteiger partial charge on any atom is -0.383 e. The molecule has 238 valence electrons. The quantitative estimate of drug-likeness (QED) is 0.184. The zero-order chi connectivity index (χ0) is 31.5. The number of nitrogens with one attached hydrogen (secondary N) is 4. The molecule has 0 spiro atoms. The number of morpholine rings is 1. The number of aromatic nitrogens is 1. The van der Waals surface area contributed by atoms with Crippen molar-refractivity contribution in [1.29, 1.82) is 5.41 Å². The van der Waals surface area contributed by atoms with Crippen molar-refractivity contribution >= 4 is 23.3 Å². The van der Waals surface area contributed by atoms with Gasteiger partial charge >= 0.3 is 0 Å². The fourth-order valence-electron chi connectivity index (χ4n) is 5.61. The van der Waals surface area contributed by atoms with Crippen LogP contribution in [0.25, 0.3) is 11.1 Å². The molecule has 0 aromatic carbocycles. The topological polar surface area (TPSA) is 96.5 Å². The average Bonchev–Trinajstić information content (AvgIpc) is 3.57. The molecule has 0 radical (unpaired) electrons. The molecule has 4 rings (SSSR count). The molecule has 1 aliphatic heterocycles. The Morgan fingerprint density at radius 2 is 1.98 bits per heavy atom. The maximum atomic E-state index is 13.2. The monoisotopic (exact) mass is 592 g/mol. The summed E-state index contributed by atoms with van der Waals surface area (Å²) in [6.45, 7) is 19.3. The lowest BCUT2D eigenvalue weighted by Crippen LogP contribution is -2.41. The van der Waals surface area contributed by atoms with E-state index >= 15 is 0 Å². The lowest BCUT2D eigenvalue weighted by Gasteiger charge is -2.26. The van der Waals surface area contributed by atoms with Crippen molar-refractivity contribution in [3.05, 3.63) is 83.1 Å². The summed E-state index contributed by atoms with van der Waals surface area (Å²) in [5, 5.41) is 15.1. The number of carbonyl (C=O) groups is 1. The Bertz CT molecular complexity index is 1300. The molecule has 1 amide bonds. The van der Waals surface area contributed by atoms with Gasteiger partial charge in [0.15, 0.2) is 0 Å². The fraction of sp³-hybridized carbons (Fsp3) is 0.486. The largest absolute Gasteiger partial charge is 0.383 e. The van der Waals surface area contributed by atoms with Crippen LogP contribution in [-0.4, -0.2) is 80.4 Å². The molecule has 0 saturated carbocycles. The third kappa shape index (κ3) is 8.71. The van der Waals surface area contributed by atoms with Gasteiger partial charge in [-0.3, -0.25) is 9.69 Å². The second kappa shape index (κ2) is 16.3. The summed E-state index contributed by atoms with van der Waals surface area (Å²) in [4.78, 5) is 20.9. The highest BCUT2D eigenvalue weighted by molar-refractivity contribution is 5.98. The van der Waals surface area contributed by atoms with Gasteiger partial charge in [0.25, 0.3) is 5.91 Å². The lowest BCUT2D eigenvalue weighted by molar-refractivity contribution is -0.117. The van der Waals surface area contributed by atoms with Gasteiger partial charge in [0.05, 0.1) is 13.2 Å². The predicted molar refractivity (Wildman–Crippen MR) is 184 cm³/mol. The van der Waals surface area contributed by atoms with E-state index in [-0.39, 0.29) is 20.6 Å². The van der Waals surface area contributed by atoms with E-state index in [1.807, 2.05) is 57.4 Å². The van der Waals surface area contributed by atoms with Crippen molar-refractivity contribution in [2.75, 3.05) is 53.5 Å². The summed E-state index contributed by atoms with van der Waals surface area (Å²) in [6.07, 6.45) is 14.4. The molecule has 1 saturated heterocycles. The first-order valence-corrected chi connectivity index (χ1v) is 15.7. The van der Waals surface area contributed by atoms with Gasteiger partial charge < -0.3 is 30.7 Å². The van der Waals surface area contributed by atoms with Crippen molar-refractivity contribution < 1.29 is 12.4 Å². The summed E-state index contributed by atoms with van der Waals surface area (Å²) in [6, 6.07) is 2.13. The van der Waals surface area contributed by atoms with Crippen LogP contribution < -0.4 is 10.6 Å². The molecule has 3 aliphatic rings. The number of ether oxygens (including phenoxy) is 1. The number of amides is 1. The smallest absolute Gasteiger partial charge is 0.251 e. The molecule has 43 heavy (non-hydrogen) atoms. The first-order valence-electron chi connectivity index (χ1n) is 15.7. The van der Waals surface area contributed by atoms with Crippen LogP contribution in [0, 0.1) is 23.2 Å². The summed E-state index contributed by atoms with van der Waals surface area (Å²) in [7, 11) is 3.99. The number of hydrogen-bond acceptors (Lipinski definition) is 6. The van der Waals surface area contributed by atoms with Crippen molar-refractivity contribution in [3.8, 4) is 0 Å². The van der Waals surface area contributed by atoms with Gasteiger partial charge in [0, 0.05) is 101 Å². The van der Waals surface area contributed by atoms with Gasteiger partial charge in [-0.1, -0.05) is 59.4 Å². The highest BCUT2D eigenvalue weighted by Crippen LogP contribution is 2.38. The van der Waals surface area contributed by atoms with Crippen LogP contribution in [0.3, 0.4) is 0 Å². The van der Waals surface area contributed by atoms with Crippen molar-refractivity contribution in [2.24, 2.45) is 17.8 Å². The van der Waals surface area contributed by atoms with Crippen LogP contribution in [-0.2, 0) is 9.53 Å². The van der Waals surface area contributed by atoms with E-state index in [2.05, 4.69) is 66.1 Å². The van der Waals surface area contributed by atoms with E-state index in [4.69, 9.17) is 10.1 Å².